The van der Waals surface area contributed by atoms with Crippen LogP contribution in [-0.4, -0.2) is 42.2 Å². The van der Waals surface area contributed by atoms with Crippen LogP contribution < -0.4 is 14.8 Å². The van der Waals surface area contributed by atoms with Crippen LogP contribution in [0.4, 0.5) is 5.82 Å². The van der Waals surface area contributed by atoms with Crippen molar-refractivity contribution in [2.45, 2.75) is 39.3 Å². The zero-order valence-corrected chi connectivity index (χ0v) is 19.0. The van der Waals surface area contributed by atoms with Crippen LogP contribution in [0.5, 0.6) is 11.5 Å². The van der Waals surface area contributed by atoms with Crippen LogP contribution in [0.15, 0.2) is 48.7 Å². The first-order valence-corrected chi connectivity index (χ1v) is 11.5. The lowest BCUT2D eigenvalue weighted by Crippen LogP contribution is -2.38. The van der Waals surface area contributed by atoms with E-state index in [2.05, 4.69) is 45.5 Å². The van der Waals surface area contributed by atoms with Gasteiger partial charge in [0, 0.05) is 37.3 Å². The molecule has 4 rings (SSSR count). The zero-order valence-electron chi connectivity index (χ0n) is 18.2. The Kier molecular flexibility index (Phi) is 7.15. The highest BCUT2D eigenvalue weighted by molar-refractivity contribution is 6.33. The summed E-state index contributed by atoms with van der Waals surface area (Å²) in [5, 5.41) is 6.62. The average molecular weight is 440 g/mol. The summed E-state index contributed by atoms with van der Waals surface area (Å²) in [6.07, 6.45) is 4.04. The van der Waals surface area contributed by atoms with Crippen LogP contribution in [0.3, 0.4) is 0 Å². The molecule has 0 saturated carbocycles. The molecular formula is C25H30ClN3O2. The van der Waals surface area contributed by atoms with Crippen LogP contribution >= 0.6 is 11.6 Å². The van der Waals surface area contributed by atoms with Gasteiger partial charge in [-0.2, -0.15) is 0 Å². The number of pyridine rings is 1. The fourth-order valence-electron chi connectivity index (χ4n) is 4.16. The number of hydrogen-bond acceptors (Lipinski definition) is 5. The molecule has 0 unspecified atom stereocenters. The van der Waals surface area contributed by atoms with E-state index in [1.54, 1.807) is 0 Å². The number of hydrogen-bond donors (Lipinski definition) is 1. The quantitative estimate of drug-likeness (QED) is 0.483. The molecule has 5 nitrogen and oxygen atoms in total. The van der Waals surface area contributed by atoms with Crippen LogP contribution in [-0.2, 0) is 6.54 Å². The van der Waals surface area contributed by atoms with Gasteiger partial charge in [0.1, 0.15) is 22.3 Å². The highest BCUT2D eigenvalue weighted by atomic mass is 35.5. The number of anilines is 1. The van der Waals surface area contributed by atoms with Gasteiger partial charge >= 0.3 is 0 Å². The summed E-state index contributed by atoms with van der Waals surface area (Å²) in [5.41, 5.74) is 1.17. The van der Waals surface area contributed by atoms with Gasteiger partial charge in [-0.05, 0) is 55.8 Å². The van der Waals surface area contributed by atoms with Crippen molar-refractivity contribution in [2.75, 3.05) is 31.6 Å². The summed E-state index contributed by atoms with van der Waals surface area (Å²) in [5.74, 6) is 2.38. The van der Waals surface area contributed by atoms with Gasteiger partial charge in [-0.1, -0.05) is 35.9 Å². The van der Waals surface area contributed by atoms with E-state index in [4.69, 9.17) is 21.1 Å². The van der Waals surface area contributed by atoms with Crippen molar-refractivity contribution < 1.29 is 9.47 Å². The van der Waals surface area contributed by atoms with E-state index in [-0.39, 0.29) is 0 Å². The third-order valence-electron chi connectivity index (χ3n) is 5.67. The van der Waals surface area contributed by atoms with Crippen molar-refractivity contribution in [1.29, 1.82) is 0 Å². The van der Waals surface area contributed by atoms with Gasteiger partial charge in [-0.15, -0.1) is 0 Å². The molecule has 3 aromatic rings. The lowest BCUT2D eigenvalue weighted by molar-refractivity contribution is 0.210. The predicted molar refractivity (Wildman–Crippen MR) is 127 cm³/mol. The minimum atomic E-state index is 0.428. The number of halogens is 1. The molecule has 1 aliphatic rings. The Bertz CT molecular complexity index is 986. The second-order valence-electron chi connectivity index (χ2n) is 7.85. The fraction of sp³-hybridized carbons (Fsp3) is 0.400. The number of nitrogens with zero attached hydrogens (tertiary/aromatic N) is 2. The molecule has 1 saturated heterocycles. The van der Waals surface area contributed by atoms with Crippen LogP contribution in [0.2, 0.25) is 5.02 Å². The first-order valence-electron chi connectivity index (χ1n) is 11.1. The molecule has 0 radical (unpaired) electrons. The lowest BCUT2D eigenvalue weighted by Gasteiger charge is -2.33. The Morgan fingerprint density at radius 2 is 1.71 bits per heavy atom. The SMILES string of the molecule is CCOc1cc(CN2CCC(Nc3nccc4ccccc34)CC2)cc(OCC)c1Cl. The molecule has 1 aliphatic heterocycles. The number of rotatable bonds is 8. The van der Waals surface area contributed by atoms with E-state index in [1.165, 1.54) is 16.3 Å². The highest BCUT2D eigenvalue weighted by Crippen LogP contribution is 2.36. The molecule has 0 spiro atoms. The number of aromatic nitrogens is 1. The number of nitrogens with one attached hydrogen (secondary N) is 1. The molecule has 0 aliphatic carbocycles. The van der Waals surface area contributed by atoms with E-state index in [9.17, 15) is 0 Å². The Balaban J connectivity index is 1.39. The molecule has 1 N–H and O–H groups in total. The Hall–Kier alpha value is -2.50. The lowest BCUT2D eigenvalue weighted by atomic mass is 10.0. The Morgan fingerprint density at radius 3 is 2.39 bits per heavy atom. The summed E-state index contributed by atoms with van der Waals surface area (Å²) in [6.45, 7) is 7.99. The number of likely N-dealkylation sites (tertiary alicyclic amines) is 1. The minimum Gasteiger partial charge on any atom is -0.492 e. The maximum absolute atomic E-state index is 6.44. The van der Waals surface area contributed by atoms with Crippen LogP contribution in [0.25, 0.3) is 10.8 Å². The summed E-state index contributed by atoms with van der Waals surface area (Å²) in [4.78, 5) is 7.06. The van der Waals surface area contributed by atoms with Gasteiger partial charge < -0.3 is 14.8 Å². The summed E-state index contributed by atoms with van der Waals surface area (Å²) >= 11 is 6.44. The molecule has 0 atom stereocenters. The molecule has 0 bridgehead atoms. The van der Waals surface area contributed by atoms with Gasteiger partial charge in [0.15, 0.2) is 0 Å². The van der Waals surface area contributed by atoms with Crippen molar-refractivity contribution in [1.82, 2.24) is 9.88 Å². The Morgan fingerprint density at radius 1 is 1.03 bits per heavy atom. The zero-order chi connectivity index (χ0) is 21.6. The van der Waals surface area contributed by atoms with Gasteiger partial charge in [-0.25, -0.2) is 4.98 Å². The van der Waals surface area contributed by atoms with Gasteiger partial charge in [0.05, 0.1) is 13.2 Å². The largest absolute Gasteiger partial charge is 0.492 e. The molecule has 6 heteroatoms. The summed E-state index contributed by atoms with van der Waals surface area (Å²) in [7, 11) is 0. The number of fused-ring (bicyclic) bond motifs is 1. The van der Waals surface area contributed by atoms with Gasteiger partial charge in [0.2, 0.25) is 0 Å². The fourth-order valence-corrected chi connectivity index (χ4v) is 4.38. The summed E-state index contributed by atoms with van der Waals surface area (Å²) < 4.78 is 11.4. The summed E-state index contributed by atoms with van der Waals surface area (Å²) in [6, 6.07) is 15.0. The molecule has 1 fully saturated rings. The third kappa shape index (κ3) is 5.23. The molecule has 2 aromatic carbocycles. The van der Waals surface area contributed by atoms with E-state index in [0.717, 1.165) is 38.3 Å². The van der Waals surface area contributed by atoms with E-state index in [0.29, 0.717) is 35.8 Å². The first-order chi connectivity index (χ1) is 15.2. The molecular weight excluding hydrogens is 410 g/mol. The third-order valence-corrected chi connectivity index (χ3v) is 6.05. The first kappa shape index (κ1) is 21.7. The molecule has 164 valence electrons. The van der Waals surface area contributed by atoms with Crippen LogP contribution in [0, 0.1) is 0 Å². The number of benzene rings is 2. The number of ether oxygens (including phenoxy) is 2. The normalized spacial score (nSPS) is 15.2. The maximum Gasteiger partial charge on any atom is 0.141 e. The average Bonchev–Trinajstić information content (AvgIpc) is 2.79. The Labute approximate surface area is 189 Å². The molecule has 1 aromatic heterocycles. The van der Waals surface area contributed by atoms with E-state index < -0.39 is 0 Å². The molecule has 0 amide bonds. The predicted octanol–water partition coefficient (Wildman–Crippen LogP) is 5.76. The van der Waals surface area contributed by atoms with Crippen molar-refractivity contribution in [2.24, 2.45) is 0 Å². The van der Waals surface area contributed by atoms with Crippen molar-refractivity contribution in [3.05, 3.63) is 59.2 Å². The van der Waals surface area contributed by atoms with Gasteiger partial charge in [-0.3, -0.25) is 4.90 Å². The molecule has 2 heterocycles. The second-order valence-corrected chi connectivity index (χ2v) is 8.23. The van der Waals surface area contributed by atoms with Gasteiger partial charge in [0.25, 0.3) is 0 Å². The monoisotopic (exact) mass is 439 g/mol. The topological polar surface area (TPSA) is 46.6 Å². The standard InChI is InChI=1S/C25H30ClN3O2/c1-3-30-22-15-18(16-23(24(22)26)31-4-2)17-29-13-10-20(11-14-29)28-25-21-8-6-5-7-19(21)9-12-27-25/h5-9,12,15-16,20H,3-4,10-11,13-14,17H2,1-2H3,(H,27,28). The van der Waals surface area contributed by atoms with Crippen molar-refractivity contribution in [3.8, 4) is 11.5 Å². The van der Waals surface area contributed by atoms with E-state index >= 15 is 0 Å². The minimum absolute atomic E-state index is 0.428. The second kappa shape index (κ2) is 10.2. The smallest absolute Gasteiger partial charge is 0.141 e. The van der Waals surface area contributed by atoms with Crippen molar-refractivity contribution in [3.63, 3.8) is 0 Å². The van der Waals surface area contributed by atoms with E-state index in [1.807, 2.05) is 32.2 Å². The highest BCUT2D eigenvalue weighted by Gasteiger charge is 2.21. The van der Waals surface area contributed by atoms with Crippen LogP contribution in [0.1, 0.15) is 32.3 Å². The van der Waals surface area contributed by atoms with Crippen molar-refractivity contribution >= 4 is 28.2 Å². The molecule has 31 heavy (non-hydrogen) atoms. The maximum atomic E-state index is 6.44. The number of piperidine rings is 1.